The molecule has 1 saturated carbocycles. The number of rotatable bonds is 5. The molecule has 1 amide bonds. The van der Waals surface area contributed by atoms with Gasteiger partial charge in [0.05, 0.1) is 11.4 Å². The highest BCUT2D eigenvalue weighted by molar-refractivity contribution is 7.89. The molecule has 1 saturated heterocycles. The molecule has 6 nitrogen and oxygen atoms in total. The summed E-state index contributed by atoms with van der Waals surface area (Å²) in [6.45, 7) is 2.36. The molecule has 1 aliphatic carbocycles. The zero-order valence-corrected chi connectivity index (χ0v) is 17.6. The predicted octanol–water partition coefficient (Wildman–Crippen LogP) is 2.62. The third kappa shape index (κ3) is 3.84. The lowest BCUT2D eigenvalue weighted by Crippen LogP contribution is -2.44. The zero-order chi connectivity index (χ0) is 19.7. The van der Waals surface area contributed by atoms with Crippen LogP contribution in [0.15, 0.2) is 23.1 Å². The summed E-state index contributed by atoms with van der Waals surface area (Å²) in [5.41, 5.74) is 1.86. The highest BCUT2D eigenvalue weighted by atomic mass is 32.2. The van der Waals surface area contributed by atoms with Crippen LogP contribution in [0.4, 0.5) is 5.69 Å². The zero-order valence-electron chi connectivity index (χ0n) is 16.8. The largest absolute Gasteiger partial charge is 0.311 e. The number of likely N-dealkylation sites (N-methyl/N-ethyl adjacent to an activating group) is 1. The van der Waals surface area contributed by atoms with Crippen LogP contribution in [-0.2, 0) is 21.2 Å². The molecule has 3 aliphatic rings. The van der Waals surface area contributed by atoms with Crippen molar-refractivity contribution in [1.29, 1.82) is 0 Å². The van der Waals surface area contributed by atoms with Crippen LogP contribution < -0.4 is 4.90 Å². The van der Waals surface area contributed by atoms with Gasteiger partial charge in [-0.05, 0) is 69.3 Å². The third-order valence-corrected chi connectivity index (χ3v) is 8.40. The summed E-state index contributed by atoms with van der Waals surface area (Å²) >= 11 is 0. The van der Waals surface area contributed by atoms with E-state index in [0.717, 1.165) is 36.9 Å². The van der Waals surface area contributed by atoms with Crippen molar-refractivity contribution in [3.8, 4) is 0 Å². The fraction of sp³-hybridized carbons (Fsp3) is 0.667. The number of benzene rings is 1. The Bertz CT molecular complexity index is 827. The Morgan fingerprint density at radius 3 is 2.50 bits per heavy atom. The molecule has 0 spiro atoms. The molecule has 0 unspecified atom stereocenters. The molecule has 2 aliphatic heterocycles. The van der Waals surface area contributed by atoms with E-state index in [1.807, 2.05) is 18.0 Å². The van der Waals surface area contributed by atoms with Gasteiger partial charge >= 0.3 is 0 Å². The minimum Gasteiger partial charge on any atom is -0.311 e. The highest BCUT2D eigenvalue weighted by Gasteiger charge is 2.30. The first-order chi connectivity index (χ1) is 13.5. The SMILES string of the molecule is CN(CC(=O)N1CCCc2cc(S(=O)(=O)N3CCCC3)ccc21)C1CCCC1. The quantitative estimate of drug-likeness (QED) is 0.756. The maximum absolute atomic E-state index is 13.0. The summed E-state index contributed by atoms with van der Waals surface area (Å²) < 4.78 is 27.3. The second kappa shape index (κ2) is 8.13. The standard InChI is InChI=1S/C21H31N3O3S/c1-22(18-8-2-3-9-18)16-21(25)24-14-6-7-17-15-19(10-11-20(17)24)28(26,27)23-12-4-5-13-23/h10-11,15,18H,2-9,12-14,16H2,1H3. The molecule has 0 N–H and O–H groups in total. The number of hydrogen-bond donors (Lipinski definition) is 0. The minimum atomic E-state index is -3.42. The molecule has 28 heavy (non-hydrogen) atoms. The van der Waals surface area contributed by atoms with Crippen molar-refractivity contribution in [2.24, 2.45) is 0 Å². The maximum Gasteiger partial charge on any atom is 0.243 e. The fourth-order valence-electron chi connectivity index (χ4n) is 4.84. The van der Waals surface area contributed by atoms with E-state index in [-0.39, 0.29) is 5.91 Å². The first-order valence-electron chi connectivity index (χ1n) is 10.6. The maximum atomic E-state index is 13.0. The predicted molar refractivity (Wildman–Crippen MR) is 110 cm³/mol. The van der Waals surface area contributed by atoms with Crippen LogP contribution >= 0.6 is 0 Å². The molecule has 0 radical (unpaired) electrons. The second-order valence-electron chi connectivity index (χ2n) is 8.40. The molecule has 1 aromatic carbocycles. The van der Waals surface area contributed by atoms with Gasteiger partial charge in [-0.15, -0.1) is 0 Å². The van der Waals surface area contributed by atoms with Crippen LogP contribution in [0.25, 0.3) is 0 Å². The van der Waals surface area contributed by atoms with Crippen molar-refractivity contribution in [3.05, 3.63) is 23.8 Å². The molecule has 1 aromatic rings. The summed E-state index contributed by atoms with van der Waals surface area (Å²) in [5.74, 6) is 0.116. The van der Waals surface area contributed by atoms with E-state index in [4.69, 9.17) is 0 Å². The van der Waals surface area contributed by atoms with Crippen molar-refractivity contribution < 1.29 is 13.2 Å². The van der Waals surface area contributed by atoms with Crippen molar-refractivity contribution in [2.75, 3.05) is 38.1 Å². The molecular formula is C21H31N3O3S. The van der Waals surface area contributed by atoms with Gasteiger partial charge < -0.3 is 4.90 Å². The first kappa shape index (κ1) is 19.9. The normalized spacial score (nSPS) is 21.4. The van der Waals surface area contributed by atoms with Gasteiger partial charge in [0.25, 0.3) is 0 Å². The number of sulfonamides is 1. The van der Waals surface area contributed by atoms with E-state index in [1.54, 1.807) is 16.4 Å². The molecule has 0 atom stereocenters. The van der Waals surface area contributed by atoms with E-state index in [1.165, 1.54) is 25.7 Å². The van der Waals surface area contributed by atoms with Crippen LogP contribution in [0.5, 0.6) is 0 Å². The minimum absolute atomic E-state index is 0.116. The molecule has 2 fully saturated rings. The summed E-state index contributed by atoms with van der Waals surface area (Å²) in [6, 6.07) is 5.83. The van der Waals surface area contributed by atoms with E-state index >= 15 is 0 Å². The third-order valence-electron chi connectivity index (χ3n) is 6.51. The van der Waals surface area contributed by atoms with Crippen molar-refractivity contribution >= 4 is 21.6 Å². The Hall–Kier alpha value is -1.44. The van der Waals surface area contributed by atoms with E-state index < -0.39 is 10.0 Å². The Labute approximate surface area is 168 Å². The number of nitrogens with zero attached hydrogens (tertiary/aromatic N) is 3. The molecule has 154 valence electrons. The Morgan fingerprint density at radius 1 is 1.07 bits per heavy atom. The van der Waals surface area contributed by atoms with E-state index in [2.05, 4.69) is 4.90 Å². The fourth-order valence-corrected chi connectivity index (χ4v) is 6.41. The molecule has 0 bridgehead atoms. The average Bonchev–Trinajstić information content (AvgIpc) is 3.40. The summed E-state index contributed by atoms with van der Waals surface area (Å²) in [4.78, 5) is 17.4. The topological polar surface area (TPSA) is 60.9 Å². The van der Waals surface area contributed by atoms with Gasteiger partial charge in [-0.1, -0.05) is 12.8 Å². The Balaban J connectivity index is 1.52. The molecular weight excluding hydrogens is 374 g/mol. The number of hydrogen-bond acceptors (Lipinski definition) is 4. The van der Waals surface area contributed by atoms with Gasteiger partial charge in [0, 0.05) is 31.4 Å². The molecule has 2 heterocycles. The van der Waals surface area contributed by atoms with Crippen LogP contribution in [0.1, 0.15) is 50.5 Å². The lowest BCUT2D eigenvalue weighted by atomic mass is 10.0. The van der Waals surface area contributed by atoms with Crippen LogP contribution in [0, 0.1) is 0 Å². The second-order valence-corrected chi connectivity index (χ2v) is 10.3. The lowest BCUT2D eigenvalue weighted by molar-refractivity contribution is -0.120. The van der Waals surface area contributed by atoms with Gasteiger partial charge in [0.15, 0.2) is 0 Å². The molecule has 4 rings (SSSR count). The van der Waals surface area contributed by atoms with Crippen molar-refractivity contribution in [1.82, 2.24) is 9.21 Å². The number of fused-ring (bicyclic) bond motifs is 1. The highest BCUT2D eigenvalue weighted by Crippen LogP contribution is 2.31. The number of aryl methyl sites for hydroxylation is 1. The average molecular weight is 406 g/mol. The summed E-state index contributed by atoms with van der Waals surface area (Å²) in [5, 5.41) is 0. The summed E-state index contributed by atoms with van der Waals surface area (Å²) in [7, 11) is -1.37. The van der Waals surface area contributed by atoms with E-state index in [9.17, 15) is 13.2 Å². The van der Waals surface area contributed by atoms with Crippen molar-refractivity contribution in [2.45, 2.75) is 62.3 Å². The number of carbonyl (C=O) groups is 1. The van der Waals surface area contributed by atoms with Crippen LogP contribution in [0.2, 0.25) is 0 Å². The van der Waals surface area contributed by atoms with Crippen molar-refractivity contribution in [3.63, 3.8) is 0 Å². The Morgan fingerprint density at radius 2 is 1.79 bits per heavy atom. The molecule has 0 aromatic heterocycles. The molecule has 7 heteroatoms. The van der Waals surface area contributed by atoms with Gasteiger partial charge in [0.1, 0.15) is 0 Å². The summed E-state index contributed by atoms with van der Waals surface area (Å²) in [6.07, 6.45) is 8.42. The number of anilines is 1. The van der Waals surface area contributed by atoms with Crippen LogP contribution in [0.3, 0.4) is 0 Å². The van der Waals surface area contributed by atoms with Gasteiger partial charge in [-0.25, -0.2) is 8.42 Å². The Kier molecular flexibility index (Phi) is 5.76. The van der Waals surface area contributed by atoms with Gasteiger partial charge in [-0.3, -0.25) is 9.69 Å². The number of carbonyl (C=O) groups excluding carboxylic acids is 1. The van der Waals surface area contributed by atoms with Gasteiger partial charge in [0.2, 0.25) is 15.9 Å². The number of amides is 1. The smallest absolute Gasteiger partial charge is 0.243 e. The van der Waals surface area contributed by atoms with Gasteiger partial charge in [-0.2, -0.15) is 4.31 Å². The monoisotopic (exact) mass is 405 g/mol. The van der Waals surface area contributed by atoms with E-state index in [0.29, 0.717) is 37.1 Å². The van der Waals surface area contributed by atoms with Crippen LogP contribution in [-0.4, -0.2) is 62.8 Å². The first-order valence-corrected chi connectivity index (χ1v) is 12.0. The lowest BCUT2D eigenvalue weighted by Gasteiger charge is -2.32.